The zero-order chi connectivity index (χ0) is 23.1. The van der Waals surface area contributed by atoms with Crippen LogP contribution < -0.4 is 10.2 Å². The van der Waals surface area contributed by atoms with E-state index in [-0.39, 0.29) is 5.91 Å². The Morgan fingerprint density at radius 1 is 0.853 bits per heavy atom. The van der Waals surface area contributed by atoms with Gasteiger partial charge >= 0.3 is 0 Å². The Bertz CT molecular complexity index is 1330. The fraction of sp³-hybridized carbons (Fsp3) is 0.200. The minimum Gasteiger partial charge on any atom is -0.363 e. The molecule has 0 fully saturated rings. The third-order valence-corrected chi connectivity index (χ3v) is 7.27. The standard InChI is InChI=1S/C30H27N3O/c1-21-15-24-17-30(26-13-8-14-31-28(26)32-29(30)34)18-25(24)16-27(21)33(19-22-9-4-2-5-10-22)20-23-11-6-3-7-12-23/h2-16H,17-20H2,1H3,(H,31,32,34). The Balaban J connectivity index is 1.38. The van der Waals surface area contributed by atoms with Crippen LogP contribution in [0.3, 0.4) is 0 Å². The molecule has 1 atom stereocenters. The second kappa shape index (κ2) is 8.14. The van der Waals surface area contributed by atoms with Gasteiger partial charge in [0.05, 0.1) is 5.41 Å². The Morgan fingerprint density at radius 2 is 1.47 bits per heavy atom. The first kappa shape index (κ1) is 20.7. The van der Waals surface area contributed by atoms with Gasteiger partial charge in [-0.1, -0.05) is 72.8 Å². The van der Waals surface area contributed by atoms with Gasteiger partial charge in [-0.25, -0.2) is 4.98 Å². The van der Waals surface area contributed by atoms with Gasteiger partial charge in [0.2, 0.25) is 5.91 Å². The van der Waals surface area contributed by atoms with Crippen molar-refractivity contribution in [2.75, 3.05) is 10.2 Å². The van der Waals surface area contributed by atoms with E-state index < -0.39 is 5.41 Å². The molecule has 0 saturated heterocycles. The van der Waals surface area contributed by atoms with Gasteiger partial charge in [-0.05, 0) is 59.7 Å². The molecule has 34 heavy (non-hydrogen) atoms. The molecule has 4 aromatic rings. The number of aryl methyl sites for hydroxylation is 1. The second-order valence-corrected chi connectivity index (χ2v) is 9.52. The molecule has 0 bridgehead atoms. The van der Waals surface area contributed by atoms with Crippen molar-refractivity contribution in [1.82, 2.24) is 4.98 Å². The van der Waals surface area contributed by atoms with Crippen LogP contribution in [0.2, 0.25) is 0 Å². The van der Waals surface area contributed by atoms with Crippen LogP contribution in [-0.2, 0) is 36.1 Å². The molecule has 1 aromatic heterocycles. The normalized spacial score (nSPS) is 18.0. The summed E-state index contributed by atoms with van der Waals surface area (Å²) in [5.41, 5.74) is 8.06. The molecule has 2 aliphatic rings. The van der Waals surface area contributed by atoms with Gasteiger partial charge in [0.1, 0.15) is 5.82 Å². The first-order chi connectivity index (χ1) is 16.6. The highest BCUT2D eigenvalue weighted by Crippen LogP contribution is 2.47. The molecule has 1 amide bonds. The molecule has 2 heterocycles. The molecule has 1 aliphatic carbocycles. The topological polar surface area (TPSA) is 45.2 Å². The van der Waals surface area contributed by atoms with E-state index in [4.69, 9.17) is 0 Å². The molecule has 6 rings (SSSR count). The molecule has 4 heteroatoms. The van der Waals surface area contributed by atoms with Gasteiger partial charge in [0.15, 0.2) is 0 Å². The van der Waals surface area contributed by atoms with Gasteiger partial charge in [0, 0.05) is 30.5 Å². The van der Waals surface area contributed by atoms with E-state index in [9.17, 15) is 4.79 Å². The molecule has 0 radical (unpaired) electrons. The summed E-state index contributed by atoms with van der Waals surface area (Å²) in [6.45, 7) is 3.84. The van der Waals surface area contributed by atoms with Gasteiger partial charge in [0.25, 0.3) is 0 Å². The van der Waals surface area contributed by atoms with Crippen molar-refractivity contribution < 1.29 is 4.79 Å². The Kier molecular flexibility index (Phi) is 4.95. The van der Waals surface area contributed by atoms with E-state index >= 15 is 0 Å². The molecule has 0 saturated carbocycles. The highest BCUT2D eigenvalue weighted by Gasteiger charge is 2.51. The second-order valence-electron chi connectivity index (χ2n) is 9.52. The van der Waals surface area contributed by atoms with Crippen LogP contribution in [0.25, 0.3) is 0 Å². The molecular formula is C30H27N3O. The Hall–Kier alpha value is -3.92. The lowest BCUT2D eigenvalue weighted by atomic mass is 9.79. The van der Waals surface area contributed by atoms with Gasteiger partial charge in [-0.15, -0.1) is 0 Å². The number of aromatic nitrogens is 1. The summed E-state index contributed by atoms with van der Waals surface area (Å²) >= 11 is 0. The van der Waals surface area contributed by atoms with Crippen LogP contribution in [-0.4, -0.2) is 10.9 Å². The molecule has 1 aliphatic heterocycles. The molecule has 3 aromatic carbocycles. The number of benzene rings is 3. The average molecular weight is 446 g/mol. The predicted octanol–water partition coefficient (Wildman–Crippen LogP) is 5.59. The summed E-state index contributed by atoms with van der Waals surface area (Å²) < 4.78 is 0. The maximum atomic E-state index is 13.1. The van der Waals surface area contributed by atoms with Crippen molar-refractivity contribution in [3.05, 3.63) is 125 Å². The number of rotatable bonds is 5. The lowest BCUT2D eigenvalue weighted by Crippen LogP contribution is -2.35. The predicted molar refractivity (Wildman–Crippen MR) is 136 cm³/mol. The molecule has 1 spiro atoms. The van der Waals surface area contributed by atoms with Crippen molar-refractivity contribution >= 4 is 17.4 Å². The number of carbonyl (C=O) groups is 1. The number of hydrogen-bond donors (Lipinski definition) is 1. The fourth-order valence-corrected chi connectivity index (χ4v) is 5.61. The summed E-state index contributed by atoms with van der Waals surface area (Å²) in [6.07, 6.45) is 3.18. The number of pyridine rings is 1. The largest absolute Gasteiger partial charge is 0.363 e. The molecule has 1 unspecified atom stereocenters. The van der Waals surface area contributed by atoms with Crippen molar-refractivity contribution in [1.29, 1.82) is 0 Å². The number of carbonyl (C=O) groups excluding carboxylic acids is 1. The van der Waals surface area contributed by atoms with E-state index in [1.165, 1.54) is 33.5 Å². The Morgan fingerprint density at radius 3 is 2.12 bits per heavy atom. The highest BCUT2D eigenvalue weighted by molar-refractivity contribution is 6.06. The van der Waals surface area contributed by atoms with Crippen molar-refractivity contribution in [2.24, 2.45) is 0 Å². The number of anilines is 2. The van der Waals surface area contributed by atoms with Gasteiger partial charge < -0.3 is 10.2 Å². The van der Waals surface area contributed by atoms with Crippen molar-refractivity contribution in [3.63, 3.8) is 0 Å². The first-order valence-corrected chi connectivity index (χ1v) is 11.8. The van der Waals surface area contributed by atoms with Gasteiger partial charge in [-0.2, -0.15) is 0 Å². The van der Waals surface area contributed by atoms with E-state index in [1.807, 2.05) is 6.07 Å². The SMILES string of the molecule is Cc1cc2c(cc1N(Cc1ccccc1)Cc1ccccc1)CC1(C2)C(=O)Nc2ncccc21. The van der Waals surface area contributed by atoms with E-state index in [0.29, 0.717) is 12.2 Å². The third kappa shape index (κ3) is 3.47. The summed E-state index contributed by atoms with van der Waals surface area (Å²) in [6, 6.07) is 29.8. The maximum Gasteiger partial charge on any atom is 0.237 e. The number of fused-ring (bicyclic) bond motifs is 3. The minimum atomic E-state index is -0.541. The fourth-order valence-electron chi connectivity index (χ4n) is 5.61. The monoisotopic (exact) mass is 445 g/mol. The summed E-state index contributed by atoms with van der Waals surface area (Å²) in [4.78, 5) is 20.0. The molecular weight excluding hydrogens is 418 g/mol. The maximum absolute atomic E-state index is 13.1. The van der Waals surface area contributed by atoms with Crippen LogP contribution in [0.15, 0.2) is 91.1 Å². The third-order valence-electron chi connectivity index (χ3n) is 7.27. The zero-order valence-electron chi connectivity index (χ0n) is 19.3. The number of nitrogens with zero attached hydrogens (tertiary/aromatic N) is 2. The van der Waals surface area contributed by atoms with Gasteiger partial charge in [-0.3, -0.25) is 4.79 Å². The average Bonchev–Trinajstić information content (AvgIpc) is 3.36. The first-order valence-electron chi connectivity index (χ1n) is 11.8. The summed E-state index contributed by atoms with van der Waals surface area (Å²) in [5.74, 6) is 0.786. The lowest BCUT2D eigenvalue weighted by Gasteiger charge is -2.28. The van der Waals surface area contributed by atoms with E-state index in [0.717, 1.165) is 25.1 Å². The van der Waals surface area contributed by atoms with Crippen LogP contribution in [0, 0.1) is 6.92 Å². The van der Waals surface area contributed by atoms with E-state index in [1.54, 1.807) is 6.20 Å². The highest BCUT2D eigenvalue weighted by atomic mass is 16.2. The van der Waals surface area contributed by atoms with Crippen LogP contribution in [0.1, 0.15) is 33.4 Å². The number of amides is 1. The quantitative estimate of drug-likeness (QED) is 0.436. The molecule has 168 valence electrons. The summed E-state index contributed by atoms with van der Waals surface area (Å²) in [5, 5.41) is 3.02. The van der Waals surface area contributed by atoms with E-state index in [2.05, 4.69) is 101 Å². The molecule has 4 nitrogen and oxygen atoms in total. The minimum absolute atomic E-state index is 0.0713. The van der Waals surface area contributed by atoms with Crippen LogP contribution in [0.4, 0.5) is 11.5 Å². The smallest absolute Gasteiger partial charge is 0.237 e. The Labute approximate surface area is 200 Å². The van der Waals surface area contributed by atoms with Crippen LogP contribution >= 0.6 is 0 Å². The number of nitrogens with one attached hydrogen (secondary N) is 1. The zero-order valence-corrected chi connectivity index (χ0v) is 19.3. The lowest BCUT2D eigenvalue weighted by molar-refractivity contribution is -0.120. The van der Waals surface area contributed by atoms with Crippen molar-refractivity contribution in [2.45, 2.75) is 38.3 Å². The van der Waals surface area contributed by atoms with Crippen molar-refractivity contribution in [3.8, 4) is 0 Å². The molecule has 1 N–H and O–H groups in total. The summed E-state index contributed by atoms with van der Waals surface area (Å²) in [7, 11) is 0. The number of hydrogen-bond acceptors (Lipinski definition) is 3. The van der Waals surface area contributed by atoms with Crippen LogP contribution in [0.5, 0.6) is 0 Å².